The van der Waals surface area contributed by atoms with E-state index in [1.807, 2.05) is 0 Å². The topological polar surface area (TPSA) is 126 Å². The van der Waals surface area contributed by atoms with E-state index >= 15 is 0 Å². The minimum Gasteiger partial charge on any atom is -0.370 e. The van der Waals surface area contributed by atoms with Gasteiger partial charge in [-0.3, -0.25) is 4.57 Å². The Labute approximate surface area is 151 Å². The van der Waals surface area contributed by atoms with Crippen LogP contribution in [-0.4, -0.2) is 31.0 Å². The van der Waals surface area contributed by atoms with Gasteiger partial charge in [-0.2, -0.15) is 13.8 Å². The Balaban J connectivity index is 1.93. The van der Waals surface area contributed by atoms with Gasteiger partial charge < -0.3 is 25.4 Å². The van der Waals surface area contributed by atoms with Crippen LogP contribution in [0.15, 0.2) is 35.6 Å². The molecule has 3 rings (SSSR count). The Morgan fingerprint density at radius 3 is 2.65 bits per heavy atom. The van der Waals surface area contributed by atoms with E-state index in [0.29, 0.717) is 17.1 Å². The number of guanidine groups is 1. The van der Waals surface area contributed by atoms with Crippen molar-refractivity contribution in [3.8, 4) is 0 Å². The average Bonchev–Trinajstić information content (AvgIpc) is 2.91. The number of rotatable bonds is 5. The van der Waals surface area contributed by atoms with Gasteiger partial charge in [0.25, 0.3) is 0 Å². The summed E-state index contributed by atoms with van der Waals surface area (Å²) in [6.07, 6.45) is 0.358. The molecule has 0 saturated heterocycles. The fraction of sp³-hybridized carbons (Fsp3) is 0.286. The molecule has 8 nitrogen and oxygen atoms in total. The third-order valence-electron chi connectivity index (χ3n) is 3.87. The summed E-state index contributed by atoms with van der Waals surface area (Å²) in [7, 11) is -5.58. The zero-order valence-corrected chi connectivity index (χ0v) is 14.8. The number of nitrogens with one attached hydrogen (secondary N) is 1. The van der Waals surface area contributed by atoms with Gasteiger partial charge in [0.05, 0.1) is 12.9 Å². The zero-order chi connectivity index (χ0) is 19.1. The highest BCUT2D eigenvalue weighted by molar-refractivity contribution is 7.53. The third-order valence-corrected chi connectivity index (χ3v) is 5.19. The Morgan fingerprint density at radius 2 is 2.00 bits per heavy atom. The van der Waals surface area contributed by atoms with Crippen molar-refractivity contribution >= 4 is 31.0 Å². The summed E-state index contributed by atoms with van der Waals surface area (Å²) in [4.78, 5) is 26.0. The summed E-state index contributed by atoms with van der Waals surface area (Å²) >= 11 is 6.09. The zero-order valence-electron chi connectivity index (χ0n) is 13.2. The summed E-state index contributed by atoms with van der Waals surface area (Å²) in [5, 5.41) is 2.70. The predicted molar refractivity (Wildman–Crippen MR) is 91.5 cm³/mol. The summed E-state index contributed by atoms with van der Waals surface area (Å²) in [6, 6.07) is 6.14. The van der Waals surface area contributed by atoms with E-state index < -0.39 is 25.2 Å². The van der Waals surface area contributed by atoms with E-state index in [0.717, 1.165) is 0 Å². The van der Waals surface area contributed by atoms with E-state index in [1.54, 1.807) is 16.7 Å². The number of halogens is 3. The number of nitrogens with zero attached hydrogens (tertiary/aromatic N) is 3. The van der Waals surface area contributed by atoms with Gasteiger partial charge >= 0.3 is 13.3 Å². The first-order valence-electron chi connectivity index (χ1n) is 7.38. The minimum atomic E-state index is -5.58. The first kappa shape index (κ1) is 18.8. The van der Waals surface area contributed by atoms with Gasteiger partial charge in [-0.1, -0.05) is 35.9 Å². The standard InChI is InChI=1S/C14H15ClF2N5O3P/c15-11-10-12(21-13(18)20-11)22(7-19-10)6-9-4-2-1-3-8(9)5-14(16,17)26(23,24)25/h1-4,7,11H,5-6H2,(H3,18,20,21)(H2,23,24,25). The van der Waals surface area contributed by atoms with Crippen molar-refractivity contribution in [3.05, 3.63) is 47.4 Å². The van der Waals surface area contributed by atoms with Gasteiger partial charge in [0.15, 0.2) is 17.3 Å². The van der Waals surface area contributed by atoms with Crippen LogP contribution >= 0.6 is 19.2 Å². The summed E-state index contributed by atoms with van der Waals surface area (Å²) in [5.74, 6) is 0.485. The molecule has 0 radical (unpaired) electrons. The van der Waals surface area contributed by atoms with Crippen LogP contribution in [0.3, 0.4) is 0 Å². The molecule has 0 aliphatic carbocycles. The van der Waals surface area contributed by atoms with Crippen molar-refractivity contribution in [2.75, 3.05) is 0 Å². The van der Waals surface area contributed by atoms with Crippen molar-refractivity contribution in [1.29, 1.82) is 0 Å². The van der Waals surface area contributed by atoms with Gasteiger partial charge in [-0.05, 0) is 11.1 Å². The van der Waals surface area contributed by atoms with E-state index in [4.69, 9.17) is 27.1 Å². The number of nitrogens with two attached hydrogens (primary N) is 1. The predicted octanol–water partition coefficient (Wildman–Crippen LogP) is 2.03. The van der Waals surface area contributed by atoms with Crippen molar-refractivity contribution in [2.24, 2.45) is 10.7 Å². The second-order valence-electron chi connectivity index (χ2n) is 5.74. The first-order chi connectivity index (χ1) is 12.1. The molecule has 26 heavy (non-hydrogen) atoms. The normalized spacial score (nSPS) is 17.4. The lowest BCUT2D eigenvalue weighted by Gasteiger charge is -2.20. The monoisotopic (exact) mass is 405 g/mol. The maximum absolute atomic E-state index is 13.8. The van der Waals surface area contributed by atoms with Crippen molar-refractivity contribution in [1.82, 2.24) is 14.9 Å². The summed E-state index contributed by atoms with van der Waals surface area (Å²) < 4.78 is 40.2. The highest BCUT2D eigenvalue weighted by Gasteiger charge is 2.48. The summed E-state index contributed by atoms with van der Waals surface area (Å²) in [5.41, 5.74) is 1.82. The molecule has 1 aliphatic heterocycles. The Hall–Kier alpha value is -2.00. The first-order valence-corrected chi connectivity index (χ1v) is 9.43. The van der Waals surface area contributed by atoms with Crippen LogP contribution in [-0.2, 0) is 17.5 Å². The maximum Gasteiger partial charge on any atom is 0.394 e. The van der Waals surface area contributed by atoms with Gasteiger partial charge in [0.2, 0.25) is 0 Å². The van der Waals surface area contributed by atoms with E-state index in [2.05, 4.69) is 15.3 Å². The Kier molecular flexibility index (Phi) is 4.78. The molecule has 2 aromatic rings. The number of imidazole rings is 1. The molecule has 12 heteroatoms. The van der Waals surface area contributed by atoms with Gasteiger partial charge in [0, 0.05) is 6.42 Å². The molecular weight excluding hydrogens is 391 g/mol. The highest BCUT2D eigenvalue weighted by atomic mass is 35.5. The van der Waals surface area contributed by atoms with Crippen molar-refractivity contribution < 1.29 is 23.1 Å². The second-order valence-corrected chi connectivity index (χ2v) is 7.92. The van der Waals surface area contributed by atoms with Crippen LogP contribution in [0.2, 0.25) is 0 Å². The van der Waals surface area contributed by atoms with Crippen LogP contribution in [0.4, 0.5) is 14.6 Å². The SMILES string of the molecule is NC1=Nc2c(ncn2Cc2ccccc2CC(F)(F)P(=O)(O)O)C(Cl)N1. The molecule has 5 N–H and O–H groups in total. The molecule has 2 heterocycles. The summed E-state index contributed by atoms with van der Waals surface area (Å²) in [6.45, 7) is 0.107. The Morgan fingerprint density at radius 1 is 1.35 bits per heavy atom. The number of benzene rings is 1. The molecule has 0 amide bonds. The van der Waals surface area contributed by atoms with Crippen molar-refractivity contribution in [3.63, 3.8) is 0 Å². The van der Waals surface area contributed by atoms with E-state index in [1.165, 1.54) is 18.5 Å². The number of hydrogen-bond donors (Lipinski definition) is 4. The molecule has 0 saturated carbocycles. The lowest BCUT2D eigenvalue weighted by atomic mass is 10.0. The number of aromatic nitrogens is 2. The van der Waals surface area contributed by atoms with Crippen LogP contribution in [0, 0.1) is 0 Å². The molecule has 1 aliphatic rings. The molecule has 1 atom stereocenters. The molecule has 140 valence electrons. The third kappa shape index (κ3) is 3.59. The molecule has 1 aromatic carbocycles. The number of aliphatic imine (C=N–C) groups is 1. The van der Waals surface area contributed by atoms with Crippen LogP contribution in [0.25, 0.3) is 0 Å². The van der Waals surface area contributed by atoms with Gasteiger partial charge in [-0.25, -0.2) is 4.98 Å². The highest BCUT2D eigenvalue weighted by Crippen LogP contribution is 2.54. The fourth-order valence-corrected chi connectivity index (χ4v) is 3.19. The van der Waals surface area contributed by atoms with Crippen LogP contribution in [0.5, 0.6) is 0 Å². The lowest BCUT2D eigenvalue weighted by molar-refractivity contribution is 0.0592. The number of hydrogen-bond acceptors (Lipinski definition) is 5. The van der Waals surface area contributed by atoms with E-state index in [9.17, 15) is 13.3 Å². The van der Waals surface area contributed by atoms with Crippen LogP contribution in [0.1, 0.15) is 22.3 Å². The minimum absolute atomic E-state index is 0.0977. The fourth-order valence-electron chi connectivity index (χ4n) is 2.55. The van der Waals surface area contributed by atoms with Gasteiger partial charge in [-0.15, -0.1) is 0 Å². The lowest BCUT2D eigenvalue weighted by Crippen LogP contribution is -2.35. The number of alkyl halides is 3. The Bertz CT molecular complexity index is 914. The molecule has 0 bridgehead atoms. The maximum atomic E-state index is 13.8. The largest absolute Gasteiger partial charge is 0.394 e. The smallest absolute Gasteiger partial charge is 0.370 e. The average molecular weight is 406 g/mol. The molecule has 1 unspecified atom stereocenters. The molecular formula is C14H15ClF2N5O3P. The quantitative estimate of drug-likeness (QED) is 0.342. The molecule has 0 fully saturated rings. The van der Waals surface area contributed by atoms with Gasteiger partial charge in [0.1, 0.15) is 5.69 Å². The molecule has 1 aromatic heterocycles. The van der Waals surface area contributed by atoms with E-state index in [-0.39, 0.29) is 18.1 Å². The molecule has 0 spiro atoms. The number of fused-ring (bicyclic) bond motifs is 1. The van der Waals surface area contributed by atoms with Crippen molar-refractivity contribution in [2.45, 2.75) is 24.1 Å². The van der Waals surface area contributed by atoms with Crippen LogP contribution < -0.4 is 11.1 Å². The second kappa shape index (κ2) is 6.62.